The number of hydrogen-bond donors (Lipinski definition) is 1. The van der Waals surface area contributed by atoms with Crippen LogP contribution in [0, 0.1) is 0 Å². The van der Waals surface area contributed by atoms with E-state index >= 15 is 0 Å². The molecule has 2 nitrogen and oxygen atoms in total. The van der Waals surface area contributed by atoms with E-state index in [-0.39, 0.29) is 0 Å². The van der Waals surface area contributed by atoms with Crippen LogP contribution in [0.1, 0.15) is 44.1 Å². The van der Waals surface area contributed by atoms with Crippen molar-refractivity contribution in [3.05, 3.63) is 34.3 Å². The van der Waals surface area contributed by atoms with E-state index in [1.54, 1.807) is 0 Å². The standard InChI is InChI=1S/C16H22BrNO/c1-11-7-15(5-6-19-11)18-16-9-13(10-16)12-3-2-4-14(17)8-12/h2-4,8,11,13,15-16,18H,5-7,9-10H2,1H3. The molecule has 2 aliphatic rings. The highest BCUT2D eigenvalue weighted by Gasteiger charge is 2.32. The minimum Gasteiger partial charge on any atom is -0.378 e. The molecule has 0 radical (unpaired) electrons. The van der Waals surface area contributed by atoms with Crippen molar-refractivity contribution in [1.29, 1.82) is 0 Å². The third-order valence-electron chi connectivity index (χ3n) is 4.41. The summed E-state index contributed by atoms with van der Waals surface area (Å²) in [4.78, 5) is 0. The third kappa shape index (κ3) is 3.39. The molecular formula is C16H22BrNO. The minimum absolute atomic E-state index is 0.423. The molecular weight excluding hydrogens is 302 g/mol. The summed E-state index contributed by atoms with van der Waals surface area (Å²) in [6.07, 6.45) is 5.32. The lowest BCUT2D eigenvalue weighted by Crippen LogP contribution is -2.48. The Morgan fingerprint density at radius 1 is 1.21 bits per heavy atom. The van der Waals surface area contributed by atoms with Gasteiger partial charge in [-0.3, -0.25) is 0 Å². The number of benzene rings is 1. The highest BCUT2D eigenvalue weighted by Crippen LogP contribution is 2.38. The molecule has 2 unspecified atom stereocenters. The molecule has 0 amide bonds. The lowest BCUT2D eigenvalue weighted by molar-refractivity contribution is 0.00851. The smallest absolute Gasteiger partial charge is 0.0561 e. The first-order valence-corrected chi connectivity index (χ1v) is 8.13. The Morgan fingerprint density at radius 2 is 2.05 bits per heavy atom. The summed E-state index contributed by atoms with van der Waals surface area (Å²) < 4.78 is 6.79. The zero-order valence-corrected chi connectivity index (χ0v) is 13.0. The van der Waals surface area contributed by atoms with E-state index in [4.69, 9.17) is 4.74 Å². The molecule has 2 fully saturated rings. The van der Waals surface area contributed by atoms with Crippen molar-refractivity contribution in [1.82, 2.24) is 5.32 Å². The fourth-order valence-electron chi connectivity index (χ4n) is 3.27. The SMILES string of the molecule is CC1CC(NC2CC(c3cccc(Br)c3)C2)CCO1. The topological polar surface area (TPSA) is 21.3 Å². The van der Waals surface area contributed by atoms with Gasteiger partial charge in [0.2, 0.25) is 0 Å². The molecule has 104 valence electrons. The van der Waals surface area contributed by atoms with E-state index in [2.05, 4.69) is 52.4 Å². The van der Waals surface area contributed by atoms with Crippen LogP contribution in [0.3, 0.4) is 0 Å². The summed E-state index contributed by atoms with van der Waals surface area (Å²) in [6.45, 7) is 3.10. The van der Waals surface area contributed by atoms with E-state index in [0.717, 1.165) is 18.9 Å². The first-order chi connectivity index (χ1) is 9.20. The van der Waals surface area contributed by atoms with E-state index in [9.17, 15) is 0 Å². The molecule has 19 heavy (non-hydrogen) atoms. The second kappa shape index (κ2) is 5.94. The van der Waals surface area contributed by atoms with Gasteiger partial charge < -0.3 is 10.1 Å². The Balaban J connectivity index is 1.47. The van der Waals surface area contributed by atoms with Crippen LogP contribution >= 0.6 is 15.9 Å². The minimum atomic E-state index is 0.423. The van der Waals surface area contributed by atoms with Crippen molar-refractivity contribution < 1.29 is 4.74 Å². The van der Waals surface area contributed by atoms with Crippen LogP contribution in [0.2, 0.25) is 0 Å². The normalized spacial score (nSPS) is 34.8. The van der Waals surface area contributed by atoms with Crippen molar-refractivity contribution in [3.63, 3.8) is 0 Å². The Bertz CT molecular complexity index is 431. The number of rotatable bonds is 3. The van der Waals surface area contributed by atoms with Crippen LogP contribution in [0.25, 0.3) is 0 Å². The van der Waals surface area contributed by atoms with Crippen molar-refractivity contribution >= 4 is 15.9 Å². The first-order valence-electron chi connectivity index (χ1n) is 7.34. The molecule has 1 aliphatic heterocycles. The van der Waals surface area contributed by atoms with Crippen molar-refractivity contribution in [3.8, 4) is 0 Å². The average Bonchev–Trinajstić information content (AvgIpc) is 2.33. The number of ether oxygens (including phenoxy) is 1. The molecule has 0 spiro atoms. The van der Waals surface area contributed by atoms with Gasteiger partial charge in [-0.15, -0.1) is 0 Å². The number of hydrogen-bond acceptors (Lipinski definition) is 2. The van der Waals surface area contributed by atoms with E-state index in [0.29, 0.717) is 18.2 Å². The number of halogens is 1. The third-order valence-corrected chi connectivity index (χ3v) is 4.91. The number of nitrogens with one attached hydrogen (secondary N) is 1. The van der Waals surface area contributed by atoms with Crippen LogP contribution in [-0.4, -0.2) is 24.8 Å². The van der Waals surface area contributed by atoms with Gasteiger partial charge in [-0.05, 0) is 56.2 Å². The quantitative estimate of drug-likeness (QED) is 0.912. The molecule has 1 aromatic carbocycles. The van der Waals surface area contributed by atoms with Crippen molar-refractivity contribution in [2.45, 2.75) is 56.7 Å². The van der Waals surface area contributed by atoms with Crippen LogP contribution in [-0.2, 0) is 4.74 Å². The Morgan fingerprint density at radius 3 is 2.79 bits per heavy atom. The molecule has 1 aliphatic carbocycles. The second-order valence-corrected chi connectivity index (χ2v) is 6.91. The molecule has 1 N–H and O–H groups in total. The lowest BCUT2D eigenvalue weighted by atomic mass is 9.75. The van der Waals surface area contributed by atoms with Gasteiger partial charge in [0.05, 0.1) is 6.10 Å². The molecule has 3 heteroatoms. The summed E-state index contributed by atoms with van der Waals surface area (Å²) in [5.41, 5.74) is 1.48. The Hall–Kier alpha value is -0.380. The predicted octanol–water partition coefficient (Wildman–Crippen LogP) is 3.85. The largest absolute Gasteiger partial charge is 0.378 e. The maximum atomic E-state index is 5.60. The monoisotopic (exact) mass is 323 g/mol. The zero-order valence-electron chi connectivity index (χ0n) is 11.4. The summed E-state index contributed by atoms with van der Waals surface area (Å²) in [7, 11) is 0. The molecule has 1 heterocycles. The van der Waals surface area contributed by atoms with Gasteiger partial charge in [0.15, 0.2) is 0 Å². The van der Waals surface area contributed by atoms with Crippen LogP contribution in [0.5, 0.6) is 0 Å². The van der Waals surface area contributed by atoms with Gasteiger partial charge in [0.1, 0.15) is 0 Å². The highest BCUT2D eigenvalue weighted by molar-refractivity contribution is 9.10. The van der Waals surface area contributed by atoms with Crippen molar-refractivity contribution in [2.75, 3.05) is 6.61 Å². The fraction of sp³-hybridized carbons (Fsp3) is 0.625. The zero-order chi connectivity index (χ0) is 13.2. The van der Waals surface area contributed by atoms with Gasteiger partial charge in [0, 0.05) is 23.2 Å². The van der Waals surface area contributed by atoms with Crippen molar-refractivity contribution in [2.24, 2.45) is 0 Å². The Kier molecular flexibility index (Phi) is 4.25. The lowest BCUT2D eigenvalue weighted by Gasteiger charge is -2.40. The Labute approximate surface area is 124 Å². The van der Waals surface area contributed by atoms with E-state index in [1.807, 2.05) is 0 Å². The fourth-order valence-corrected chi connectivity index (χ4v) is 3.69. The summed E-state index contributed by atoms with van der Waals surface area (Å²) in [5.74, 6) is 0.743. The molecule has 2 atom stereocenters. The highest BCUT2D eigenvalue weighted by atomic mass is 79.9. The summed E-state index contributed by atoms with van der Waals surface area (Å²) in [6, 6.07) is 10.1. The summed E-state index contributed by atoms with van der Waals surface area (Å²) >= 11 is 3.56. The second-order valence-electron chi connectivity index (χ2n) is 5.99. The summed E-state index contributed by atoms with van der Waals surface area (Å²) in [5, 5.41) is 3.81. The average molecular weight is 324 g/mol. The molecule has 0 bridgehead atoms. The van der Waals surface area contributed by atoms with Gasteiger partial charge in [-0.1, -0.05) is 28.1 Å². The first kappa shape index (κ1) is 13.6. The van der Waals surface area contributed by atoms with Crippen LogP contribution in [0.4, 0.5) is 0 Å². The van der Waals surface area contributed by atoms with Gasteiger partial charge in [0.25, 0.3) is 0 Å². The maximum absolute atomic E-state index is 5.60. The molecule has 0 aromatic heterocycles. The molecule has 1 saturated carbocycles. The molecule has 3 rings (SSSR count). The van der Waals surface area contributed by atoms with Gasteiger partial charge >= 0.3 is 0 Å². The van der Waals surface area contributed by atoms with Crippen LogP contribution < -0.4 is 5.32 Å². The maximum Gasteiger partial charge on any atom is 0.0561 e. The molecule has 1 aromatic rings. The van der Waals surface area contributed by atoms with Gasteiger partial charge in [-0.25, -0.2) is 0 Å². The molecule has 1 saturated heterocycles. The van der Waals surface area contributed by atoms with E-state index < -0.39 is 0 Å². The predicted molar refractivity (Wildman–Crippen MR) is 81.5 cm³/mol. The van der Waals surface area contributed by atoms with Crippen LogP contribution in [0.15, 0.2) is 28.7 Å². The van der Waals surface area contributed by atoms with E-state index in [1.165, 1.54) is 29.3 Å². The van der Waals surface area contributed by atoms with Gasteiger partial charge in [-0.2, -0.15) is 0 Å².